The van der Waals surface area contributed by atoms with Gasteiger partial charge in [0.1, 0.15) is 17.8 Å². The third kappa shape index (κ3) is 7.11. The van der Waals surface area contributed by atoms with Crippen LogP contribution in [0.3, 0.4) is 0 Å². The van der Waals surface area contributed by atoms with Crippen LogP contribution >= 0.6 is 11.8 Å². The van der Waals surface area contributed by atoms with Crippen LogP contribution in [0.25, 0.3) is 17.1 Å². The van der Waals surface area contributed by atoms with E-state index >= 15 is 8.78 Å². The molecule has 1 aliphatic heterocycles. The molecule has 2 heterocycles. The number of benzene rings is 3. The quantitative estimate of drug-likeness (QED) is 0.214. The van der Waals surface area contributed by atoms with Crippen LogP contribution in [-0.4, -0.2) is 58.1 Å². The van der Waals surface area contributed by atoms with Crippen molar-refractivity contribution >= 4 is 45.9 Å². The van der Waals surface area contributed by atoms with E-state index in [1.54, 1.807) is 0 Å². The zero-order valence-corrected chi connectivity index (χ0v) is 25.6. The number of halogens is 5. The Balaban J connectivity index is 1.35. The van der Waals surface area contributed by atoms with E-state index in [9.17, 15) is 22.8 Å². The van der Waals surface area contributed by atoms with Gasteiger partial charge in [0, 0.05) is 25.3 Å². The van der Waals surface area contributed by atoms with Gasteiger partial charge in [0.15, 0.2) is 22.6 Å². The van der Waals surface area contributed by atoms with Crippen LogP contribution in [0.15, 0.2) is 65.9 Å². The summed E-state index contributed by atoms with van der Waals surface area (Å²) in [6.45, 7) is 3.93. The molecule has 240 valence electrons. The number of carbonyl (C=O) groups is 2. The topological polar surface area (TPSA) is 105 Å². The van der Waals surface area contributed by atoms with Crippen molar-refractivity contribution in [2.24, 2.45) is 4.99 Å². The average molecular weight is 660 g/mol. The lowest BCUT2D eigenvalue weighted by atomic mass is 9.99. The number of aromatic nitrogens is 3. The summed E-state index contributed by atoms with van der Waals surface area (Å²) in [4.78, 5) is 37.0. The van der Waals surface area contributed by atoms with Gasteiger partial charge in [-0.3, -0.25) is 9.69 Å². The summed E-state index contributed by atoms with van der Waals surface area (Å²) in [5.74, 6) is -3.03. The molecule has 0 atom stereocenters. The van der Waals surface area contributed by atoms with Crippen LogP contribution in [0, 0.1) is 11.6 Å². The Hall–Kier alpha value is -4.99. The van der Waals surface area contributed by atoms with Crippen LogP contribution in [0.2, 0.25) is 0 Å². The molecule has 46 heavy (non-hydrogen) atoms. The molecule has 0 radical (unpaired) electrons. The zero-order chi connectivity index (χ0) is 33.3. The minimum Gasteiger partial charge on any atom is -0.406 e. The van der Waals surface area contributed by atoms with Crippen molar-refractivity contribution in [3.8, 4) is 22.8 Å². The number of aliphatic imine (C=N–C) groups is 1. The highest BCUT2D eigenvalue weighted by Gasteiger charge is 2.33. The van der Waals surface area contributed by atoms with Crippen molar-refractivity contribution in [1.29, 1.82) is 0 Å². The van der Waals surface area contributed by atoms with Crippen LogP contribution in [0.5, 0.6) is 5.75 Å². The molecule has 3 aromatic carbocycles. The number of hydrogen-bond donors (Lipinski definition) is 1. The first-order valence-electron chi connectivity index (χ1n) is 13.6. The number of nitrogens with one attached hydrogen (secondary N) is 1. The van der Waals surface area contributed by atoms with E-state index < -0.39 is 35.5 Å². The standard InChI is InChI=1S/C30H26F5N7O3S/c1-16(2)21-10-7-19(40(3)4)13-24(21)42-25(43)14-46-29(42)38-28(44)37-26-22(31)11-17(12-23(26)32)27-36-15-41(39-27)18-5-8-20(9-6-18)45-30(33,34)35/h5-13,15-16H,14H2,1-4H3,(H,37,44). The first kappa shape index (κ1) is 32.4. The first-order chi connectivity index (χ1) is 21.7. The molecule has 0 bridgehead atoms. The molecule has 0 saturated carbocycles. The summed E-state index contributed by atoms with van der Waals surface area (Å²) >= 11 is 1.03. The molecule has 1 fully saturated rings. The molecule has 1 aliphatic rings. The van der Waals surface area contributed by atoms with Gasteiger partial charge < -0.3 is 15.0 Å². The lowest BCUT2D eigenvalue weighted by Crippen LogP contribution is -2.31. The molecule has 4 aromatic rings. The maximum Gasteiger partial charge on any atom is 0.573 e. The number of nitrogens with zero attached hydrogens (tertiary/aromatic N) is 6. The molecular weight excluding hydrogens is 633 g/mol. The molecule has 1 N–H and O–H groups in total. The van der Waals surface area contributed by atoms with Gasteiger partial charge in [-0.1, -0.05) is 31.7 Å². The highest BCUT2D eigenvalue weighted by molar-refractivity contribution is 8.15. The molecule has 10 nitrogen and oxygen atoms in total. The molecule has 0 spiro atoms. The van der Waals surface area contributed by atoms with Gasteiger partial charge in [-0.25, -0.2) is 23.2 Å². The number of urea groups is 1. The smallest absolute Gasteiger partial charge is 0.406 e. The Morgan fingerprint density at radius 3 is 2.35 bits per heavy atom. The summed E-state index contributed by atoms with van der Waals surface area (Å²) in [6.07, 6.45) is -3.64. The predicted molar refractivity (Wildman–Crippen MR) is 165 cm³/mol. The third-order valence-electron chi connectivity index (χ3n) is 6.71. The van der Waals surface area contributed by atoms with Gasteiger partial charge in [0.2, 0.25) is 5.91 Å². The summed E-state index contributed by atoms with van der Waals surface area (Å²) in [5, 5.41) is 6.31. The Kier molecular flexibility index (Phi) is 9.01. The number of alkyl halides is 3. The molecule has 1 saturated heterocycles. The monoisotopic (exact) mass is 659 g/mol. The molecule has 16 heteroatoms. The van der Waals surface area contributed by atoms with Crippen molar-refractivity contribution < 1.29 is 36.3 Å². The lowest BCUT2D eigenvalue weighted by molar-refractivity contribution is -0.274. The van der Waals surface area contributed by atoms with Gasteiger partial charge in [0.25, 0.3) is 0 Å². The van der Waals surface area contributed by atoms with Crippen LogP contribution in [0.1, 0.15) is 25.3 Å². The average Bonchev–Trinajstić information content (AvgIpc) is 3.61. The van der Waals surface area contributed by atoms with E-state index in [0.717, 1.165) is 47.3 Å². The predicted octanol–water partition coefficient (Wildman–Crippen LogP) is 6.97. The molecule has 3 amide bonds. The minimum atomic E-state index is -4.85. The van der Waals surface area contributed by atoms with Crippen LogP contribution < -0.4 is 19.9 Å². The molecule has 1 aromatic heterocycles. The summed E-state index contributed by atoms with van der Waals surface area (Å²) in [7, 11) is 3.71. The van der Waals surface area contributed by atoms with Crippen LogP contribution in [-0.2, 0) is 4.79 Å². The second-order valence-electron chi connectivity index (χ2n) is 10.5. The molecule has 0 aliphatic carbocycles. The van der Waals surface area contributed by atoms with Gasteiger partial charge in [-0.15, -0.1) is 18.3 Å². The number of rotatable bonds is 7. The van der Waals surface area contributed by atoms with E-state index in [0.29, 0.717) is 11.4 Å². The minimum absolute atomic E-state index is 0.0262. The number of amides is 3. The summed E-state index contributed by atoms with van der Waals surface area (Å²) in [5.41, 5.74) is 1.71. The maximum atomic E-state index is 15.1. The van der Waals surface area contributed by atoms with E-state index in [4.69, 9.17) is 0 Å². The lowest BCUT2D eigenvalue weighted by Gasteiger charge is -2.24. The number of hydrogen-bond acceptors (Lipinski definition) is 7. The number of anilines is 3. The van der Waals surface area contributed by atoms with E-state index in [1.807, 2.05) is 51.0 Å². The van der Waals surface area contributed by atoms with E-state index in [2.05, 4.69) is 25.1 Å². The van der Waals surface area contributed by atoms with E-state index in [1.165, 1.54) is 28.0 Å². The maximum absolute atomic E-state index is 15.1. The molecule has 5 rings (SSSR count). The summed E-state index contributed by atoms with van der Waals surface area (Å²) < 4.78 is 72.5. The second kappa shape index (κ2) is 12.8. The number of thioether (sulfide) groups is 1. The Morgan fingerprint density at radius 1 is 1.07 bits per heavy atom. The van der Waals surface area contributed by atoms with Crippen LogP contribution in [0.4, 0.5) is 43.8 Å². The highest BCUT2D eigenvalue weighted by atomic mass is 32.2. The Bertz CT molecular complexity index is 1800. The molecular formula is C30H26F5N7O3S. The van der Waals surface area contributed by atoms with Crippen molar-refractivity contribution in [1.82, 2.24) is 14.8 Å². The van der Waals surface area contributed by atoms with Gasteiger partial charge in [0.05, 0.1) is 17.1 Å². The fourth-order valence-corrected chi connectivity index (χ4v) is 5.40. The van der Waals surface area contributed by atoms with Crippen molar-refractivity contribution in [2.45, 2.75) is 26.1 Å². The van der Waals surface area contributed by atoms with Crippen molar-refractivity contribution in [3.63, 3.8) is 0 Å². The SMILES string of the molecule is CC(C)c1ccc(N(C)C)cc1N1C(=O)CSC1=NC(=O)Nc1c(F)cc(-c2ncn(-c3ccc(OC(F)(F)F)cc3)n2)cc1F. The highest BCUT2D eigenvalue weighted by Crippen LogP contribution is 2.36. The van der Waals surface area contributed by atoms with E-state index in [-0.39, 0.29) is 34.1 Å². The van der Waals surface area contributed by atoms with Gasteiger partial charge >= 0.3 is 12.4 Å². The number of ether oxygens (including phenoxy) is 1. The summed E-state index contributed by atoms with van der Waals surface area (Å²) in [6, 6.07) is 11.1. The largest absolute Gasteiger partial charge is 0.573 e. The fraction of sp³-hybridized carbons (Fsp3) is 0.233. The zero-order valence-electron chi connectivity index (χ0n) is 24.8. The second-order valence-corrected chi connectivity index (χ2v) is 11.4. The Morgan fingerprint density at radius 2 is 1.74 bits per heavy atom. The van der Waals surface area contributed by atoms with Crippen molar-refractivity contribution in [2.75, 3.05) is 35.0 Å². The first-order valence-corrected chi connectivity index (χ1v) is 14.6. The fourth-order valence-electron chi connectivity index (χ4n) is 4.54. The normalized spacial score (nSPS) is 14.3. The Labute approximate surface area is 263 Å². The van der Waals surface area contributed by atoms with Gasteiger partial charge in [-0.05, 0) is 60.0 Å². The van der Waals surface area contributed by atoms with Crippen molar-refractivity contribution in [3.05, 3.63) is 78.1 Å². The van der Waals surface area contributed by atoms with Gasteiger partial charge in [-0.2, -0.15) is 4.99 Å². The third-order valence-corrected chi connectivity index (χ3v) is 7.64. The number of amidine groups is 1. The molecule has 0 unspecified atom stereocenters. The number of carbonyl (C=O) groups excluding carboxylic acids is 2.